The number of benzene rings is 1. The van der Waals surface area contributed by atoms with Crippen LogP contribution >= 0.6 is 0 Å². The summed E-state index contributed by atoms with van der Waals surface area (Å²) in [5.41, 5.74) is -0.0201. The van der Waals surface area contributed by atoms with E-state index in [1.54, 1.807) is 4.90 Å². The monoisotopic (exact) mass is 398 g/mol. The van der Waals surface area contributed by atoms with E-state index < -0.39 is 16.0 Å². The molecule has 0 saturated heterocycles. The Kier molecular flexibility index (Phi) is 7.20. The number of hydrogen-bond acceptors (Lipinski definition) is 6. The molecule has 8 nitrogen and oxygen atoms in total. The normalized spacial score (nSPS) is 15.2. The molecule has 27 heavy (non-hydrogen) atoms. The largest absolute Gasteiger partial charge is 0.495 e. The first-order valence-electron chi connectivity index (χ1n) is 8.95. The van der Waals surface area contributed by atoms with Gasteiger partial charge >= 0.3 is 5.97 Å². The highest BCUT2D eigenvalue weighted by Crippen LogP contribution is 2.25. The van der Waals surface area contributed by atoms with Crippen LogP contribution in [0.4, 0.5) is 0 Å². The fraction of sp³-hybridized carbons (Fsp3) is 0.556. The Bertz CT molecular complexity index is 787. The maximum Gasteiger partial charge on any atom is 0.338 e. The molecule has 0 heterocycles. The van der Waals surface area contributed by atoms with Gasteiger partial charge in [-0.15, -0.1) is 0 Å². The van der Waals surface area contributed by atoms with E-state index in [9.17, 15) is 18.0 Å². The predicted molar refractivity (Wildman–Crippen MR) is 98.9 cm³/mol. The number of amides is 1. The van der Waals surface area contributed by atoms with Gasteiger partial charge in [-0.05, 0) is 38.0 Å². The van der Waals surface area contributed by atoms with Gasteiger partial charge in [0, 0.05) is 12.6 Å². The van der Waals surface area contributed by atoms with E-state index in [1.165, 1.54) is 25.7 Å². The summed E-state index contributed by atoms with van der Waals surface area (Å²) in [7, 11) is -2.78. The van der Waals surface area contributed by atoms with Crippen LogP contribution in [0.5, 0.6) is 5.75 Å². The van der Waals surface area contributed by atoms with Crippen LogP contribution in [0.2, 0.25) is 0 Å². The molecule has 1 aromatic carbocycles. The van der Waals surface area contributed by atoms with E-state index >= 15 is 0 Å². The number of ether oxygens (including phenoxy) is 2. The molecule has 0 aromatic heterocycles. The number of nitrogens with zero attached hydrogens (tertiary/aromatic N) is 1. The Hall–Kier alpha value is -2.13. The van der Waals surface area contributed by atoms with Gasteiger partial charge in [-0.1, -0.05) is 19.3 Å². The molecule has 0 unspecified atom stereocenters. The van der Waals surface area contributed by atoms with Crippen molar-refractivity contribution in [2.75, 3.05) is 20.3 Å². The molecule has 1 aliphatic rings. The van der Waals surface area contributed by atoms with Crippen molar-refractivity contribution < 1.29 is 27.5 Å². The minimum Gasteiger partial charge on any atom is -0.495 e. The van der Waals surface area contributed by atoms with E-state index in [2.05, 4.69) is 0 Å². The molecule has 2 N–H and O–H groups in total. The average Bonchev–Trinajstić information content (AvgIpc) is 2.66. The first kappa shape index (κ1) is 21.2. The van der Waals surface area contributed by atoms with Gasteiger partial charge in [0.1, 0.15) is 10.6 Å². The van der Waals surface area contributed by atoms with Crippen LogP contribution < -0.4 is 9.88 Å². The Balaban J connectivity index is 2.05. The topological polar surface area (TPSA) is 116 Å². The number of hydrogen-bond donors (Lipinski definition) is 1. The zero-order valence-electron chi connectivity index (χ0n) is 15.6. The number of methoxy groups -OCH3 is 1. The second-order valence-corrected chi connectivity index (χ2v) is 7.99. The van der Waals surface area contributed by atoms with Crippen LogP contribution in [0.3, 0.4) is 0 Å². The minimum absolute atomic E-state index is 0.0201. The van der Waals surface area contributed by atoms with Crippen LogP contribution in [0.1, 0.15) is 49.4 Å². The van der Waals surface area contributed by atoms with Crippen molar-refractivity contribution in [1.82, 2.24) is 4.90 Å². The lowest BCUT2D eigenvalue weighted by atomic mass is 9.94. The number of primary sulfonamides is 1. The predicted octanol–water partition coefficient (Wildman–Crippen LogP) is 1.68. The molecule has 0 aliphatic heterocycles. The van der Waals surface area contributed by atoms with Crippen molar-refractivity contribution in [2.45, 2.75) is 50.0 Å². The first-order valence-corrected chi connectivity index (χ1v) is 10.5. The fourth-order valence-electron chi connectivity index (χ4n) is 3.35. The molecule has 1 fully saturated rings. The maximum absolute atomic E-state index is 12.4. The number of nitrogens with two attached hydrogens (primary N) is 1. The molecule has 0 bridgehead atoms. The van der Waals surface area contributed by atoms with Crippen molar-refractivity contribution in [1.29, 1.82) is 0 Å². The smallest absolute Gasteiger partial charge is 0.338 e. The molecular formula is C18H26N2O6S. The highest BCUT2D eigenvalue weighted by atomic mass is 32.2. The minimum atomic E-state index is -4.07. The Morgan fingerprint density at radius 2 is 1.89 bits per heavy atom. The summed E-state index contributed by atoms with van der Waals surface area (Å²) in [6.45, 7) is 2.06. The second-order valence-electron chi connectivity index (χ2n) is 6.46. The van der Waals surface area contributed by atoms with Gasteiger partial charge in [0.2, 0.25) is 10.0 Å². The van der Waals surface area contributed by atoms with E-state index in [4.69, 9.17) is 14.6 Å². The lowest BCUT2D eigenvalue weighted by molar-refractivity contribution is -0.137. The van der Waals surface area contributed by atoms with Gasteiger partial charge in [-0.3, -0.25) is 4.79 Å². The molecule has 9 heteroatoms. The molecular weight excluding hydrogens is 372 g/mol. The van der Waals surface area contributed by atoms with Crippen LogP contribution in [0.25, 0.3) is 0 Å². The molecule has 0 spiro atoms. The molecule has 1 saturated carbocycles. The highest BCUT2D eigenvalue weighted by molar-refractivity contribution is 7.89. The van der Waals surface area contributed by atoms with Crippen LogP contribution in [-0.4, -0.2) is 51.5 Å². The molecule has 0 atom stereocenters. The van der Waals surface area contributed by atoms with Gasteiger partial charge < -0.3 is 14.4 Å². The Labute approximate surface area is 159 Å². The lowest BCUT2D eigenvalue weighted by Gasteiger charge is -2.33. The molecule has 1 amide bonds. The summed E-state index contributed by atoms with van der Waals surface area (Å²) < 4.78 is 33.3. The van der Waals surface area contributed by atoms with Crippen molar-refractivity contribution in [3.8, 4) is 5.75 Å². The van der Waals surface area contributed by atoms with E-state index in [1.807, 2.05) is 6.92 Å². The summed E-state index contributed by atoms with van der Waals surface area (Å²) >= 11 is 0. The van der Waals surface area contributed by atoms with Gasteiger partial charge in [0.25, 0.3) is 5.91 Å². The van der Waals surface area contributed by atoms with Gasteiger partial charge in [-0.2, -0.15) is 0 Å². The number of sulfonamides is 1. The Morgan fingerprint density at radius 3 is 2.44 bits per heavy atom. The maximum atomic E-state index is 12.4. The van der Waals surface area contributed by atoms with Gasteiger partial charge in [-0.25, -0.2) is 18.4 Å². The first-order chi connectivity index (χ1) is 12.8. The number of carbonyl (C=O) groups excluding carboxylic acids is 2. The van der Waals surface area contributed by atoms with Crippen molar-refractivity contribution in [3.05, 3.63) is 23.8 Å². The van der Waals surface area contributed by atoms with Crippen LogP contribution in [0.15, 0.2) is 23.1 Å². The zero-order valence-corrected chi connectivity index (χ0v) is 16.5. The van der Waals surface area contributed by atoms with Crippen molar-refractivity contribution >= 4 is 21.9 Å². The second kappa shape index (κ2) is 9.18. The van der Waals surface area contributed by atoms with Crippen LogP contribution in [0, 0.1) is 0 Å². The number of esters is 1. The standard InChI is InChI=1S/C18H26N2O6S/c1-3-20(14-7-5-4-6-8-14)17(21)12-26-18(22)13-9-10-15(25-2)16(11-13)27(19,23)24/h9-11,14H,3-8,12H2,1-2H3,(H2,19,23,24). The van der Waals surface area contributed by atoms with Crippen molar-refractivity contribution in [3.63, 3.8) is 0 Å². The lowest BCUT2D eigenvalue weighted by Crippen LogP contribution is -2.43. The molecule has 2 rings (SSSR count). The highest BCUT2D eigenvalue weighted by Gasteiger charge is 2.25. The molecule has 1 aromatic rings. The fourth-order valence-corrected chi connectivity index (χ4v) is 4.07. The third-order valence-corrected chi connectivity index (χ3v) is 5.64. The summed E-state index contributed by atoms with van der Waals surface area (Å²) in [5, 5.41) is 5.14. The molecule has 1 aliphatic carbocycles. The molecule has 150 valence electrons. The van der Waals surface area contributed by atoms with Gasteiger partial charge in [0.05, 0.1) is 12.7 Å². The number of carbonyl (C=O) groups is 2. The van der Waals surface area contributed by atoms with E-state index in [0.29, 0.717) is 6.54 Å². The third kappa shape index (κ3) is 5.43. The van der Waals surface area contributed by atoms with Crippen LogP contribution in [-0.2, 0) is 19.6 Å². The summed E-state index contributed by atoms with van der Waals surface area (Å²) in [6.07, 6.45) is 5.29. The summed E-state index contributed by atoms with van der Waals surface area (Å²) in [5.74, 6) is -1.02. The third-order valence-electron chi connectivity index (χ3n) is 4.71. The van der Waals surface area contributed by atoms with E-state index in [0.717, 1.165) is 31.7 Å². The summed E-state index contributed by atoms with van der Waals surface area (Å²) in [6, 6.07) is 3.95. The number of rotatable bonds is 7. The van der Waals surface area contributed by atoms with Crippen molar-refractivity contribution in [2.24, 2.45) is 5.14 Å². The SMILES string of the molecule is CCN(C(=O)COC(=O)c1ccc(OC)c(S(N)(=O)=O)c1)C1CCCCC1. The number of likely N-dealkylation sites (N-methyl/N-ethyl adjacent to an activating group) is 1. The van der Waals surface area contributed by atoms with E-state index in [-0.39, 0.29) is 34.8 Å². The Morgan fingerprint density at radius 1 is 1.22 bits per heavy atom. The van der Waals surface area contributed by atoms with Gasteiger partial charge in [0.15, 0.2) is 6.61 Å². The quantitative estimate of drug-likeness (QED) is 0.699. The molecule has 0 radical (unpaired) electrons. The average molecular weight is 398 g/mol. The zero-order chi connectivity index (χ0) is 20.0. The summed E-state index contributed by atoms with van der Waals surface area (Å²) in [4.78, 5) is 26.1.